The molecule has 2 saturated heterocycles. The second kappa shape index (κ2) is 9.25. The van der Waals surface area contributed by atoms with Gasteiger partial charge in [0.1, 0.15) is 5.76 Å². The summed E-state index contributed by atoms with van der Waals surface area (Å²) in [5, 5.41) is 3.61. The van der Waals surface area contributed by atoms with Gasteiger partial charge >= 0.3 is 0 Å². The van der Waals surface area contributed by atoms with Gasteiger partial charge < -0.3 is 19.4 Å². The van der Waals surface area contributed by atoms with Gasteiger partial charge in [-0.1, -0.05) is 6.92 Å². The average molecular weight is 348 g/mol. The number of furan rings is 1. The van der Waals surface area contributed by atoms with Crippen LogP contribution >= 0.6 is 0 Å². The van der Waals surface area contributed by atoms with Gasteiger partial charge in [0.2, 0.25) is 0 Å². The molecule has 0 spiro atoms. The zero-order valence-electron chi connectivity index (χ0n) is 15.6. The molecule has 6 heteroatoms. The number of morpholine rings is 1. The lowest BCUT2D eigenvalue weighted by Gasteiger charge is -2.32. The predicted molar refractivity (Wildman–Crippen MR) is 100.0 cm³/mol. The van der Waals surface area contributed by atoms with E-state index in [0.29, 0.717) is 12.1 Å². The Bertz CT molecular complexity index is 526. The molecule has 3 rings (SSSR count). The van der Waals surface area contributed by atoms with E-state index in [2.05, 4.69) is 29.0 Å². The molecule has 1 aromatic rings. The van der Waals surface area contributed by atoms with E-state index in [9.17, 15) is 0 Å². The Morgan fingerprint density at radius 2 is 2.20 bits per heavy atom. The molecule has 0 saturated carbocycles. The van der Waals surface area contributed by atoms with Gasteiger partial charge in [0, 0.05) is 51.2 Å². The third-order valence-corrected chi connectivity index (χ3v) is 5.21. The molecule has 25 heavy (non-hydrogen) atoms. The first-order valence-electron chi connectivity index (χ1n) is 9.66. The number of hydrogen-bond acceptors (Lipinski definition) is 4. The third kappa shape index (κ3) is 5.22. The monoisotopic (exact) mass is 348 g/mol. The second-order valence-electron chi connectivity index (χ2n) is 7.03. The highest BCUT2D eigenvalue weighted by molar-refractivity contribution is 5.80. The number of nitrogens with one attached hydrogen (secondary N) is 1. The minimum Gasteiger partial charge on any atom is -0.469 e. The number of guanidine groups is 1. The fourth-order valence-corrected chi connectivity index (χ4v) is 3.46. The van der Waals surface area contributed by atoms with Crippen molar-refractivity contribution in [3.63, 3.8) is 0 Å². The van der Waals surface area contributed by atoms with Crippen LogP contribution in [0.5, 0.6) is 0 Å². The van der Waals surface area contributed by atoms with E-state index in [4.69, 9.17) is 14.1 Å². The summed E-state index contributed by atoms with van der Waals surface area (Å²) < 4.78 is 10.9. The van der Waals surface area contributed by atoms with Crippen molar-refractivity contribution in [2.75, 3.05) is 45.9 Å². The van der Waals surface area contributed by atoms with Gasteiger partial charge in [0.25, 0.3) is 0 Å². The smallest absolute Gasteiger partial charge is 0.194 e. The van der Waals surface area contributed by atoms with Crippen molar-refractivity contribution in [3.05, 3.63) is 24.2 Å². The SMILES string of the molecule is CCC(C)NC(=NCCc1ccco1)N1CCC(N2CCOCC2)C1. The van der Waals surface area contributed by atoms with E-state index in [-0.39, 0.29) is 0 Å². The lowest BCUT2D eigenvalue weighted by Crippen LogP contribution is -2.48. The minimum absolute atomic E-state index is 0.435. The van der Waals surface area contributed by atoms with Gasteiger partial charge in [-0.3, -0.25) is 9.89 Å². The highest BCUT2D eigenvalue weighted by Crippen LogP contribution is 2.17. The molecule has 2 aliphatic rings. The first kappa shape index (κ1) is 18.3. The summed E-state index contributed by atoms with van der Waals surface area (Å²) in [5.41, 5.74) is 0. The van der Waals surface area contributed by atoms with Crippen LogP contribution in [0.25, 0.3) is 0 Å². The summed E-state index contributed by atoms with van der Waals surface area (Å²) >= 11 is 0. The van der Waals surface area contributed by atoms with Gasteiger partial charge in [0.05, 0.1) is 19.5 Å². The Morgan fingerprint density at radius 1 is 1.36 bits per heavy atom. The van der Waals surface area contributed by atoms with Crippen molar-refractivity contribution in [2.24, 2.45) is 4.99 Å². The van der Waals surface area contributed by atoms with Gasteiger partial charge in [-0.15, -0.1) is 0 Å². The zero-order valence-corrected chi connectivity index (χ0v) is 15.6. The van der Waals surface area contributed by atoms with Crippen LogP contribution in [0.3, 0.4) is 0 Å². The van der Waals surface area contributed by atoms with Gasteiger partial charge in [-0.25, -0.2) is 0 Å². The number of aliphatic imine (C=N–C) groups is 1. The maximum absolute atomic E-state index is 5.49. The van der Waals surface area contributed by atoms with E-state index >= 15 is 0 Å². The normalized spacial score (nSPS) is 23.8. The molecule has 1 N–H and O–H groups in total. The van der Waals surface area contributed by atoms with Crippen LogP contribution < -0.4 is 5.32 Å². The molecule has 1 aromatic heterocycles. The zero-order chi connectivity index (χ0) is 17.5. The molecule has 2 unspecified atom stereocenters. The molecular weight excluding hydrogens is 316 g/mol. The summed E-state index contributed by atoms with van der Waals surface area (Å²) in [6.45, 7) is 11.2. The van der Waals surface area contributed by atoms with Crippen LogP contribution in [-0.2, 0) is 11.2 Å². The van der Waals surface area contributed by atoms with Gasteiger partial charge in [0.15, 0.2) is 5.96 Å². The van der Waals surface area contributed by atoms with E-state index in [1.807, 2.05) is 12.1 Å². The number of likely N-dealkylation sites (tertiary alicyclic amines) is 1. The fourth-order valence-electron chi connectivity index (χ4n) is 3.46. The van der Waals surface area contributed by atoms with Crippen molar-refractivity contribution >= 4 is 5.96 Å². The summed E-state index contributed by atoms with van der Waals surface area (Å²) in [5.74, 6) is 2.05. The number of rotatable bonds is 6. The number of hydrogen-bond donors (Lipinski definition) is 1. The van der Waals surface area contributed by atoms with Crippen LogP contribution in [0.15, 0.2) is 27.8 Å². The molecule has 2 atom stereocenters. The minimum atomic E-state index is 0.435. The highest BCUT2D eigenvalue weighted by atomic mass is 16.5. The summed E-state index contributed by atoms with van der Waals surface area (Å²) in [6, 6.07) is 5.01. The molecule has 0 aromatic carbocycles. The fraction of sp³-hybridized carbons (Fsp3) is 0.737. The lowest BCUT2D eigenvalue weighted by molar-refractivity contribution is 0.0194. The Labute approximate surface area is 151 Å². The van der Waals surface area contributed by atoms with Crippen molar-refractivity contribution < 1.29 is 9.15 Å². The van der Waals surface area contributed by atoms with Crippen molar-refractivity contribution in [1.29, 1.82) is 0 Å². The number of ether oxygens (including phenoxy) is 1. The Balaban J connectivity index is 1.58. The van der Waals surface area contributed by atoms with E-state index in [1.165, 1.54) is 6.42 Å². The average Bonchev–Trinajstić information content (AvgIpc) is 3.33. The van der Waals surface area contributed by atoms with Crippen LogP contribution in [-0.4, -0.2) is 73.8 Å². The Kier molecular flexibility index (Phi) is 6.76. The molecular formula is C19H32N4O2. The van der Waals surface area contributed by atoms with E-state index in [0.717, 1.165) is 70.5 Å². The van der Waals surface area contributed by atoms with Crippen molar-refractivity contribution in [3.8, 4) is 0 Å². The van der Waals surface area contributed by atoms with Crippen LogP contribution in [0, 0.1) is 0 Å². The van der Waals surface area contributed by atoms with Gasteiger partial charge in [-0.05, 0) is 31.9 Å². The topological polar surface area (TPSA) is 53.2 Å². The second-order valence-corrected chi connectivity index (χ2v) is 7.03. The first-order chi connectivity index (χ1) is 12.3. The first-order valence-corrected chi connectivity index (χ1v) is 9.66. The highest BCUT2D eigenvalue weighted by Gasteiger charge is 2.30. The largest absolute Gasteiger partial charge is 0.469 e. The summed E-state index contributed by atoms with van der Waals surface area (Å²) in [6.07, 6.45) is 4.88. The Hall–Kier alpha value is -1.53. The molecule has 2 aliphatic heterocycles. The van der Waals surface area contributed by atoms with E-state index in [1.54, 1.807) is 6.26 Å². The lowest BCUT2D eigenvalue weighted by atomic mass is 10.2. The number of nitrogens with zero attached hydrogens (tertiary/aromatic N) is 3. The van der Waals surface area contributed by atoms with Crippen LogP contribution in [0.1, 0.15) is 32.4 Å². The quantitative estimate of drug-likeness (QED) is 0.629. The van der Waals surface area contributed by atoms with Crippen LogP contribution in [0.4, 0.5) is 0 Å². The molecule has 6 nitrogen and oxygen atoms in total. The molecule has 3 heterocycles. The Morgan fingerprint density at radius 3 is 2.92 bits per heavy atom. The molecule has 0 amide bonds. The molecule has 0 bridgehead atoms. The standard InChI is InChI=1S/C19H32N4O2/c1-3-16(2)21-19(20-8-6-18-5-4-12-25-18)23-9-7-17(15-23)22-10-13-24-14-11-22/h4-5,12,16-17H,3,6-11,13-15H2,1-2H3,(H,20,21). The third-order valence-electron chi connectivity index (χ3n) is 5.21. The maximum atomic E-state index is 5.49. The van der Waals surface area contributed by atoms with Crippen molar-refractivity contribution in [1.82, 2.24) is 15.1 Å². The molecule has 2 fully saturated rings. The van der Waals surface area contributed by atoms with Crippen molar-refractivity contribution in [2.45, 2.75) is 45.2 Å². The van der Waals surface area contributed by atoms with Crippen LogP contribution in [0.2, 0.25) is 0 Å². The van der Waals surface area contributed by atoms with Gasteiger partial charge in [-0.2, -0.15) is 0 Å². The van der Waals surface area contributed by atoms with E-state index < -0.39 is 0 Å². The molecule has 0 aliphatic carbocycles. The molecule has 140 valence electrons. The summed E-state index contributed by atoms with van der Waals surface area (Å²) in [7, 11) is 0. The summed E-state index contributed by atoms with van der Waals surface area (Å²) in [4.78, 5) is 9.88. The molecule has 0 radical (unpaired) electrons. The maximum Gasteiger partial charge on any atom is 0.194 e. The predicted octanol–water partition coefficient (Wildman–Crippen LogP) is 1.97.